The summed E-state index contributed by atoms with van der Waals surface area (Å²) in [5.74, 6) is -0.989. The van der Waals surface area contributed by atoms with E-state index in [9.17, 15) is 9.18 Å². The molecule has 4 rings (SSSR count). The molecule has 0 saturated carbocycles. The van der Waals surface area contributed by atoms with Gasteiger partial charge in [-0.1, -0.05) is 35.3 Å². The van der Waals surface area contributed by atoms with Gasteiger partial charge in [0.25, 0.3) is 0 Å². The van der Waals surface area contributed by atoms with Crippen molar-refractivity contribution in [2.24, 2.45) is 5.73 Å². The van der Waals surface area contributed by atoms with Crippen molar-refractivity contribution in [2.75, 3.05) is 0 Å². The molecule has 0 aliphatic carbocycles. The molecule has 1 heterocycles. The largest absolute Gasteiger partial charge is 0.366 e. The first-order chi connectivity index (χ1) is 12.5. The zero-order chi connectivity index (χ0) is 18.4. The molecule has 0 atom stereocenters. The molecule has 0 spiro atoms. The van der Waals surface area contributed by atoms with Crippen LogP contribution in [-0.2, 0) is 6.54 Å². The average molecular weight is 386 g/mol. The Morgan fingerprint density at radius 3 is 2.77 bits per heavy atom. The minimum atomic E-state index is -0.576. The highest BCUT2D eigenvalue weighted by atomic mass is 35.5. The molecule has 26 heavy (non-hydrogen) atoms. The number of carbonyl (C=O) groups excluding carboxylic acids is 1. The molecule has 2 N–H and O–H groups in total. The van der Waals surface area contributed by atoms with E-state index in [2.05, 4.69) is 6.07 Å². The van der Waals surface area contributed by atoms with Gasteiger partial charge >= 0.3 is 0 Å². The van der Waals surface area contributed by atoms with Crippen molar-refractivity contribution in [3.8, 4) is 0 Å². The normalized spacial score (nSPS) is 11.3. The maximum Gasteiger partial charge on any atom is 0.249 e. The Bertz CT molecular complexity index is 1180. The average Bonchev–Trinajstić information content (AvgIpc) is 2.93. The lowest BCUT2D eigenvalue weighted by Gasteiger charge is -2.10. The zero-order valence-electron chi connectivity index (χ0n) is 13.4. The van der Waals surface area contributed by atoms with Gasteiger partial charge in [0.1, 0.15) is 5.82 Å². The van der Waals surface area contributed by atoms with Gasteiger partial charge in [0.05, 0.1) is 11.0 Å². The number of rotatable bonds is 3. The number of primary amides is 1. The number of nitrogens with zero attached hydrogens (tertiary/aromatic N) is 1. The van der Waals surface area contributed by atoms with Crippen molar-refractivity contribution in [1.29, 1.82) is 0 Å². The minimum absolute atomic E-state index is 0.288. The van der Waals surface area contributed by atoms with Crippen molar-refractivity contribution < 1.29 is 9.18 Å². The molecular formula is C20H12Cl2FN2O. The first-order valence-corrected chi connectivity index (χ1v) is 8.58. The maximum atomic E-state index is 14.7. The second kappa shape index (κ2) is 6.31. The first-order valence-electron chi connectivity index (χ1n) is 7.82. The van der Waals surface area contributed by atoms with Crippen molar-refractivity contribution >= 4 is 50.9 Å². The van der Waals surface area contributed by atoms with Crippen molar-refractivity contribution in [3.63, 3.8) is 0 Å². The predicted molar refractivity (Wildman–Crippen MR) is 102 cm³/mol. The third kappa shape index (κ3) is 2.62. The second-order valence-corrected chi connectivity index (χ2v) is 6.78. The number of aromatic nitrogens is 1. The standard InChI is InChI=1S/C20H12Cl2FN2O/c21-12-7-8-15(22)11(9-12)10-25-17-6-2-4-14(20(24)26)18(17)13-3-1-5-16(23)19(13)25/h1-2,4-9H,10H2,(H2,24,26). The molecule has 0 aliphatic heterocycles. The highest BCUT2D eigenvalue weighted by Gasteiger charge is 2.19. The number of fused-ring (bicyclic) bond motifs is 3. The Morgan fingerprint density at radius 2 is 2.00 bits per heavy atom. The van der Waals surface area contributed by atoms with Gasteiger partial charge in [-0.05, 0) is 48.0 Å². The highest BCUT2D eigenvalue weighted by Crippen LogP contribution is 2.34. The smallest absolute Gasteiger partial charge is 0.249 e. The van der Waals surface area contributed by atoms with Crippen LogP contribution in [0.2, 0.25) is 10.0 Å². The van der Waals surface area contributed by atoms with Crippen LogP contribution in [0.25, 0.3) is 21.8 Å². The van der Waals surface area contributed by atoms with Crippen LogP contribution in [0.1, 0.15) is 15.9 Å². The molecule has 3 aromatic carbocycles. The van der Waals surface area contributed by atoms with Gasteiger partial charge in [-0.2, -0.15) is 0 Å². The number of hydrogen-bond donors (Lipinski definition) is 1. The van der Waals surface area contributed by atoms with Crippen LogP contribution in [-0.4, -0.2) is 10.5 Å². The molecule has 0 saturated heterocycles. The molecule has 3 nitrogen and oxygen atoms in total. The molecule has 0 bridgehead atoms. The number of halogens is 3. The van der Waals surface area contributed by atoms with E-state index < -0.39 is 11.7 Å². The van der Waals surface area contributed by atoms with Crippen LogP contribution >= 0.6 is 23.2 Å². The SMILES string of the molecule is NC(=O)c1cccc2c1c1[c]ccc(F)c1n2Cc1cc(Cl)ccc1Cl. The van der Waals surface area contributed by atoms with E-state index in [1.807, 2.05) is 6.07 Å². The van der Waals surface area contributed by atoms with E-state index in [0.29, 0.717) is 37.4 Å². The molecule has 0 unspecified atom stereocenters. The molecule has 1 radical (unpaired) electrons. The number of nitrogens with two attached hydrogens (primary N) is 1. The van der Waals surface area contributed by atoms with E-state index in [1.165, 1.54) is 12.1 Å². The lowest BCUT2D eigenvalue weighted by atomic mass is 10.1. The Labute approximate surface area is 158 Å². The van der Waals surface area contributed by atoms with Gasteiger partial charge in [0, 0.05) is 32.9 Å². The van der Waals surface area contributed by atoms with Gasteiger partial charge in [0.15, 0.2) is 0 Å². The summed E-state index contributed by atoms with van der Waals surface area (Å²) in [4.78, 5) is 11.9. The minimum Gasteiger partial charge on any atom is -0.366 e. The maximum absolute atomic E-state index is 14.7. The summed E-state index contributed by atoms with van der Waals surface area (Å²) in [7, 11) is 0. The number of hydrogen-bond acceptors (Lipinski definition) is 1. The van der Waals surface area contributed by atoms with Crippen LogP contribution in [0.15, 0.2) is 48.5 Å². The first kappa shape index (κ1) is 16.9. The van der Waals surface area contributed by atoms with E-state index in [0.717, 1.165) is 5.56 Å². The Balaban J connectivity index is 2.09. The van der Waals surface area contributed by atoms with Crippen LogP contribution < -0.4 is 5.73 Å². The summed E-state index contributed by atoms with van der Waals surface area (Å²) < 4.78 is 16.4. The Morgan fingerprint density at radius 1 is 1.19 bits per heavy atom. The molecule has 0 fully saturated rings. The van der Waals surface area contributed by atoms with E-state index in [-0.39, 0.29) is 6.54 Å². The summed E-state index contributed by atoms with van der Waals surface area (Å²) in [6.07, 6.45) is 0. The third-order valence-electron chi connectivity index (χ3n) is 4.38. The van der Waals surface area contributed by atoms with Gasteiger partial charge in [-0.15, -0.1) is 0 Å². The molecule has 6 heteroatoms. The molecule has 1 aromatic heterocycles. The molecular weight excluding hydrogens is 374 g/mol. The van der Waals surface area contributed by atoms with E-state index >= 15 is 0 Å². The fourth-order valence-corrected chi connectivity index (χ4v) is 3.64. The molecule has 1 amide bonds. The monoisotopic (exact) mass is 385 g/mol. The van der Waals surface area contributed by atoms with Crippen molar-refractivity contribution in [1.82, 2.24) is 4.57 Å². The van der Waals surface area contributed by atoms with Gasteiger partial charge in [0.2, 0.25) is 5.91 Å². The van der Waals surface area contributed by atoms with Crippen molar-refractivity contribution in [3.05, 3.63) is 81.6 Å². The topological polar surface area (TPSA) is 48.0 Å². The van der Waals surface area contributed by atoms with E-state index in [4.69, 9.17) is 28.9 Å². The highest BCUT2D eigenvalue weighted by molar-refractivity contribution is 6.33. The van der Waals surface area contributed by atoms with E-state index in [1.54, 1.807) is 34.9 Å². The quantitative estimate of drug-likeness (QED) is 0.518. The number of amides is 1. The lowest BCUT2D eigenvalue weighted by Crippen LogP contribution is -2.11. The second-order valence-electron chi connectivity index (χ2n) is 5.94. The number of benzene rings is 3. The van der Waals surface area contributed by atoms with Gasteiger partial charge < -0.3 is 10.3 Å². The summed E-state index contributed by atoms with van der Waals surface area (Å²) in [5, 5.41) is 2.14. The third-order valence-corrected chi connectivity index (χ3v) is 4.98. The molecule has 0 aliphatic rings. The molecule has 129 valence electrons. The fraction of sp³-hybridized carbons (Fsp3) is 0.0500. The van der Waals surface area contributed by atoms with Gasteiger partial charge in [-0.25, -0.2) is 4.39 Å². The Hall–Kier alpha value is -2.56. The van der Waals surface area contributed by atoms with Crippen LogP contribution in [0.5, 0.6) is 0 Å². The molecule has 4 aromatic rings. The van der Waals surface area contributed by atoms with Crippen LogP contribution in [0.4, 0.5) is 4.39 Å². The van der Waals surface area contributed by atoms with Crippen molar-refractivity contribution in [2.45, 2.75) is 6.54 Å². The van der Waals surface area contributed by atoms with Gasteiger partial charge in [-0.3, -0.25) is 4.79 Å². The summed E-state index contributed by atoms with van der Waals surface area (Å²) >= 11 is 12.4. The van der Waals surface area contributed by atoms with Crippen LogP contribution in [0, 0.1) is 11.9 Å². The number of carbonyl (C=O) groups is 1. The Kier molecular flexibility index (Phi) is 4.10. The summed E-state index contributed by atoms with van der Waals surface area (Å²) in [6.45, 7) is 0.288. The van der Waals surface area contributed by atoms with Crippen LogP contribution in [0.3, 0.4) is 0 Å². The lowest BCUT2D eigenvalue weighted by molar-refractivity contribution is 0.100. The summed E-state index contributed by atoms with van der Waals surface area (Å²) in [5.41, 5.74) is 7.60. The predicted octanol–water partition coefficient (Wildman–Crippen LogP) is 5.19. The zero-order valence-corrected chi connectivity index (χ0v) is 14.9. The fourth-order valence-electron chi connectivity index (χ4n) is 3.27. The summed E-state index contributed by atoms with van der Waals surface area (Å²) in [6, 6.07) is 16.1.